The maximum absolute atomic E-state index is 13.2. The maximum Gasteiger partial charge on any atom is 0.228 e. The van der Waals surface area contributed by atoms with Crippen molar-refractivity contribution in [2.75, 3.05) is 10.6 Å². The van der Waals surface area contributed by atoms with Gasteiger partial charge < -0.3 is 10.6 Å². The van der Waals surface area contributed by atoms with E-state index in [9.17, 15) is 9.18 Å². The minimum Gasteiger partial charge on any atom is -0.356 e. The first-order chi connectivity index (χ1) is 12.1. The van der Waals surface area contributed by atoms with Crippen LogP contribution in [0.25, 0.3) is 0 Å². The van der Waals surface area contributed by atoms with Crippen LogP contribution in [0.5, 0.6) is 0 Å². The van der Waals surface area contributed by atoms with Gasteiger partial charge in [0.25, 0.3) is 0 Å². The lowest BCUT2D eigenvalue weighted by Gasteiger charge is -2.09. The van der Waals surface area contributed by atoms with Crippen molar-refractivity contribution < 1.29 is 9.18 Å². The number of carbonyl (C=O) groups is 1. The van der Waals surface area contributed by atoms with Crippen LogP contribution in [0.3, 0.4) is 0 Å². The molecule has 0 aromatic heterocycles. The fourth-order valence-corrected chi connectivity index (χ4v) is 2.48. The predicted molar refractivity (Wildman–Crippen MR) is 99.6 cm³/mol. The summed E-state index contributed by atoms with van der Waals surface area (Å²) in [5, 5.41) is 6.12. The fourth-order valence-electron chi connectivity index (χ4n) is 2.48. The number of hydrogen-bond donors (Lipinski definition) is 2. The summed E-state index contributed by atoms with van der Waals surface area (Å²) in [4.78, 5) is 12.1. The van der Waals surface area contributed by atoms with E-state index in [1.165, 1.54) is 17.7 Å². The minimum absolute atomic E-state index is 0.140. The number of rotatable bonds is 5. The van der Waals surface area contributed by atoms with Gasteiger partial charge in [-0.2, -0.15) is 0 Å². The normalized spacial score (nSPS) is 10.3. The van der Waals surface area contributed by atoms with E-state index in [1.54, 1.807) is 12.1 Å². The molecule has 2 N–H and O–H groups in total. The van der Waals surface area contributed by atoms with Crippen molar-refractivity contribution in [1.29, 1.82) is 0 Å². The van der Waals surface area contributed by atoms with Gasteiger partial charge in [-0.25, -0.2) is 4.39 Å². The molecule has 0 radical (unpaired) electrons. The lowest BCUT2D eigenvalue weighted by atomic mass is 10.1. The molecule has 0 heterocycles. The largest absolute Gasteiger partial charge is 0.356 e. The summed E-state index contributed by atoms with van der Waals surface area (Å²) in [6, 6.07) is 21.7. The van der Waals surface area contributed by atoms with Crippen LogP contribution in [0.1, 0.15) is 11.1 Å². The Morgan fingerprint density at radius 2 is 1.48 bits per heavy atom. The highest BCUT2D eigenvalue weighted by molar-refractivity contribution is 5.92. The quantitative estimate of drug-likeness (QED) is 0.685. The standard InChI is InChI=1S/C21H19FN2O/c1-15-5-7-18(8-6-15)23-19-9-11-20(12-10-19)24-21(25)14-16-3-2-4-17(22)13-16/h2-13,23H,14H2,1H3,(H,24,25). The molecule has 3 aromatic carbocycles. The molecule has 3 aromatic rings. The summed E-state index contributed by atoms with van der Waals surface area (Å²) in [7, 11) is 0. The first-order valence-corrected chi connectivity index (χ1v) is 8.06. The summed E-state index contributed by atoms with van der Waals surface area (Å²) in [6.07, 6.45) is 0.140. The van der Waals surface area contributed by atoms with E-state index in [0.29, 0.717) is 11.3 Å². The summed E-state index contributed by atoms with van der Waals surface area (Å²) in [6.45, 7) is 2.05. The Morgan fingerprint density at radius 3 is 2.12 bits per heavy atom. The molecule has 0 bridgehead atoms. The lowest BCUT2D eigenvalue weighted by molar-refractivity contribution is -0.115. The highest BCUT2D eigenvalue weighted by Crippen LogP contribution is 2.19. The van der Waals surface area contributed by atoms with Crippen molar-refractivity contribution in [1.82, 2.24) is 0 Å². The van der Waals surface area contributed by atoms with Crippen LogP contribution in [0.4, 0.5) is 21.5 Å². The maximum atomic E-state index is 13.2. The van der Waals surface area contributed by atoms with Crippen molar-refractivity contribution in [3.8, 4) is 0 Å². The molecule has 0 saturated carbocycles. The van der Waals surface area contributed by atoms with Gasteiger partial charge in [0, 0.05) is 17.1 Å². The molecule has 1 amide bonds. The van der Waals surface area contributed by atoms with E-state index in [1.807, 2.05) is 55.5 Å². The Balaban J connectivity index is 1.58. The molecular formula is C21H19FN2O. The first kappa shape index (κ1) is 16.7. The minimum atomic E-state index is -0.336. The third-order valence-corrected chi connectivity index (χ3v) is 3.76. The molecule has 0 fully saturated rings. The molecule has 0 aliphatic rings. The number of amides is 1. The van der Waals surface area contributed by atoms with Gasteiger partial charge in [-0.1, -0.05) is 29.8 Å². The summed E-state index contributed by atoms with van der Waals surface area (Å²) >= 11 is 0. The Kier molecular flexibility index (Phi) is 5.09. The SMILES string of the molecule is Cc1ccc(Nc2ccc(NC(=O)Cc3cccc(F)c3)cc2)cc1. The van der Waals surface area contributed by atoms with Gasteiger partial charge in [-0.15, -0.1) is 0 Å². The van der Waals surface area contributed by atoms with Gasteiger partial charge in [0.15, 0.2) is 0 Å². The molecule has 0 aliphatic carbocycles. The molecule has 4 heteroatoms. The second kappa shape index (κ2) is 7.62. The van der Waals surface area contributed by atoms with Crippen molar-refractivity contribution in [2.24, 2.45) is 0 Å². The number of anilines is 3. The molecule has 0 atom stereocenters. The monoisotopic (exact) mass is 334 g/mol. The number of halogens is 1. The molecule has 0 aliphatic heterocycles. The molecule has 0 saturated heterocycles. The molecular weight excluding hydrogens is 315 g/mol. The highest BCUT2D eigenvalue weighted by Gasteiger charge is 2.05. The Morgan fingerprint density at radius 1 is 0.880 bits per heavy atom. The second-order valence-electron chi connectivity index (χ2n) is 5.92. The smallest absolute Gasteiger partial charge is 0.228 e. The number of carbonyl (C=O) groups excluding carboxylic acids is 1. The number of aryl methyl sites for hydroxylation is 1. The van der Waals surface area contributed by atoms with Crippen LogP contribution in [0.2, 0.25) is 0 Å². The Labute approximate surface area is 146 Å². The van der Waals surface area contributed by atoms with E-state index in [-0.39, 0.29) is 18.1 Å². The zero-order valence-corrected chi connectivity index (χ0v) is 13.9. The molecule has 3 rings (SSSR count). The second-order valence-corrected chi connectivity index (χ2v) is 5.92. The van der Waals surface area contributed by atoms with E-state index in [2.05, 4.69) is 10.6 Å². The van der Waals surface area contributed by atoms with E-state index in [0.717, 1.165) is 11.4 Å². The number of nitrogens with one attached hydrogen (secondary N) is 2. The lowest BCUT2D eigenvalue weighted by Crippen LogP contribution is -2.14. The van der Waals surface area contributed by atoms with Gasteiger partial charge in [-0.05, 0) is 61.0 Å². The van der Waals surface area contributed by atoms with E-state index >= 15 is 0 Å². The van der Waals surface area contributed by atoms with E-state index in [4.69, 9.17) is 0 Å². The van der Waals surface area contributed by atoms with Crippen LogP contribution >= 0.6 is 0 Å². The van der Waals surface area contributed by atoms with Gasteiger partial charge in [0.05, 0.1) is 6.42 Å². The molecule has 126 valence electrons. The zero-order chi connectivity index (χ0) is 17.6. The first-order valence-electron chi connectivity index (χ1n) is 8.06. The fraction of sp³-hybridized carbons (Fsp3) is 0.0952. The van der Waals surface area contributed by atoms with Crippen LogP contribution in [-0.4, -0.2) is 5.91 Å². The molecule has 3 nitrogen and oxygen atoms in total. The van der Waals surface area contributed by atoms with Crippen molar-refractivity contribution in [2.45, 2.75) is 13.3 Å². The molecule has 0 spiro atoms. The average Bonchev–Trinajstić information content (AvgIpc) is 2.59. The topological polar surface area (TPSA) is 41.1 Å². The van der Waals surface area contributed by atoms with Crippen molar-refractivity contribution in [3.63, 3.8) is 0 Å². The Hall–Kier alpha value is -3.14. The number of benzene rings is 3. The van der Waals surface area contributed by atoms with Crippen molar-refractivity contribution in [3.05, 3.63) is 89.7 Å². The van der Waals surface area contributed by atoms with Gasteiger partial charge in [0.1, 0.15) is 5.82 Å². The number of hydrogen-bond acceptors (Lipinski definition) is 2. The summed E-state index contributed by atoms with van der Waals surface area (Å²) in [5.74, 6) is -0.512. The third-order valence-electron chi connectivity index (χ3n) is 3.76. The summed E-state index contributed by atoms with van der Waals surface area (Å²) in [5.41, 5.74) is 4.51. The summed E-state index contributed by atoms with van der Waals surface area (Å²) < 4.78 is 13.2. The van der Waals surface area contributed by atoms with Crippen LogP contribution < -0.4 is 10.6 Å². The van der Waals surface area contributed by atoms with Crippen molar-refractivity contribution >= 4 is 23.0 Å². The van der Waals surface area contributed by atoms with E-state index < -0.39 is 0 Å². The third kappa shape index (κ3) is 4.91. The van der Waals surface area contributed by atoms with Gasteiger partial charge in [-0.3, -0.25) is 4.79 Å². The average molecular weight is 334 g/mol. The Bertz CT molecular complexity index is 858. The van der Waals surface area contributed by atoms with Gasteiger partial charge >= 0.3 is 0 Å². The van der Waals surface area contributed by atoms with Gasteiger partial charge in [0.2, 0.25) is 5.91 Å². The predicted octanol–water partition coefficient (Wildman–Crippen LogP) is 5.06. The van der Waals surface area contributed by atoms with Crippen LogP contribution in [0.15, 0.2) is 72.8 Å². The van der Waals surface area contributed by atoms with Crippen LogP contribution in [0, 0.1) is 12.7 Å². The molecule has 0 unspecified atom stereocenters. The molecule has 25 heavy (non-hydrogen) atoms. The zero-order valence-electron chi connectivity index (χ0n) is 13.9. The van der Waals surface area contributed by atoms with Crippen LogP contribution in [-0.2, 0) is 11.2 Å². The highest BCUT2D eigenvalue weighted by atomic mass is 19.1.